The largest absolute Gasteiger partial charge is 0.361 e. The summed E-state index contributed by atoms with van der Waals surface area (Å²) in [6, 6.07) is 0. The summed E-state index contributed by atoms with van der Waals surface area (Å²) in [6.07, 6.45) is 1.08. The maximum atomic E-state index is 11.8. The predicted octanol–water partition coefficient (Wildman–Crippen LogP) is 1.80. The van der Waals surface area contributed by atoms with Gasteiger partial charge in [-0.15, -0.1) is 0 Å². The smallest absolute Gasteiger partial charge is 0.249 e. The van der Waals surface area contributed by atoms with Gasteiger partial charge in [-0.1, -0.05) is 0 Å². The molecule has 19 heavy (non-hydrogen) atoms. The molecular formula is C11H12Br2N2O4. The van der Waals surface area contributed by atoms with Crippen molar-refractivity contribution in [3.05, 3.63) is 31.1 Å². The number of halogens is 2. The van der Waals surface area contributed by atoms with Crippen LogP contribution >= 0.6 is 31.9 Å². The highest BCUT2D eigenvalue weighted by Gasteiger charge is 2.40. The molecule has 2 N–H and O–H groups in total. The van der Waals surface area contributed by atoms with Gasteiger partial charge in [-0.25, -0.2) is 0 Å². The average Bonchev–Trinajstić information content (AvgIpc) is 2.67. The van der Waals surface area contributed by atoms with Crippen molar-refractivity contribution >= 4 is 37.8 Å². The molecule has 2 rings (SSSR count). The predicted molar refractivity (Wildman–Crippen MR) is 74.5 cm³/mol. The van der Waals surface area contributed by atoms with Gasteiger partial charge in [0.05, 0.1) is 21.2 Å². The van der Waals surface area contributed by atoms with E-state index in [0.717, 1.165) is 0 Å². The van der Waals surface area contributed by atoms with Crippen LogP contribution in [-0.2, 0) is 14.3 Å². The van der Waals surface area contributed by atoms with Gasteiger partial charge >= 0.3 is 0 Å². The first-order chi connectivity index (χ1) is 8.82. The Morgan fingerprint density at radius 3 is 2.89 bits per heavy atom. The zero-order valence-corrected chi connectivity index (χ0v) is 13.4. The number of aromatic amines is 1. The fraction of sp³-hybridized carbons (Fsp3) is 0.455. The second-order valence-electron chi connectivity index (χ2n) is 4.24. The Morgan fingerprint density at radius 2 is 2.26 bits per heavy atom. The number of carbonyl (C=O) groups excluding carboxylic acids is 1. The molecule has 1 amide bonds. The highest BCUT2D eigenvalue weighted by Crippen LogP contribution is 2.33. The minimum absolute atomic E-state index is 0.175. The first-order valence-corrected chi connectivity index (χ1v) is 7.08. The zero-order chi connectivity index (χ0) is 14.2. The molecule has 0 saturated carbocycles. The fourth-order valence-electron chi connectivity index (χ4n) is 1.83. The lowest BCUT2D eigenvalue weighted by atomic mass is 10.2. The molecule has 1 fully saturated rings. The van der Waals surface area contributed by atoms with Crippen molar-refractivity contribution in [1.29, 1.82) is 0 Å². The average molecular weight is 396 g/mol. The molecule has 104 valence electrons. The quantitative estimate of drug-likeness (QED) is 0.800. The molecule has 2 heterocycles. The van der Waals surface area contributed by atoms with Crippen LogP contribution in [0.2, 0.25) is 0 Å². The summed E-state index contributed by atoms with van der Waals surface area (Å²) in [5, 5.41) is 2.56. The van der Waals surface area contributed by atoms with E-state index in [-0.39, 0.29) is 17.9 Å². The van der Waals surface area contributed by atoms with E-state index in [0.29, 0.717) is 14.6 Å². The topological polar surface area (TPSA) is 80.4 Å². The van der Waals surface area contributed by atoms with Crippen molar-refractivity contribution in [1.82, 2.24) is 10.3 Å². The van der Waals surface area contributed by atoms with E-state index in [1.807, 2.05) is 0 Å². The standard InChI is InChI=1S/C11H12Br2N2O4/c1-5(16)15-11(2)18-4-7(19-11)9-8(13)10(17)6(12)3-14-9/h3,7H,4H2,1-2H3,(H,14,17)(H,15,16). The van der Waals surface area contributed by atoms with Gasteiger partial charge in [0.1, 0.15) is 6.10 Å². The van der Waals surface area contributed by atoms with Crippen molar-refractivity contribution in [2.75, 3.05) is 6.61 Å². The van der Waals surface area contributed by atoms with Crippen LogP contribution in [0.4, 0.5) is 0 Å². The number of rotatable bonds is 2. The molecule has 1 aromatic rings. The zero-order valence-electron chi connectivity index (χ0n) is 10.3. The summed E-state index contributed by atoms with van der Waals surface area (Å²) in [5.74, 6) is -1.44. The van der Waals surface area contributed by atoms with Crippen LogP contribution in [0.15, 0.2) is 19.9 Å². The van der Waals surface area contributed by atoms with Crippen molar-refractivity contribution in [2.24, 2.45) is 0 Å². The SMILES string of the molecule is CC(=O)NC1(C)OCC(c2[nH]cc(Br)c(=O)c2Br)O1. The fourth-order valence-corrected chi connectivity index (χ4v) is 3.00. The first-order valence-electron chi connectivity index (χ1n) is 5.49. The number of ether oxygens (including phenoxy) is 2. The monoisotopic (exact) mass is 394 g/mol. The van der Waals surface area contributed by atoms with Crippen molar-refractivity contribution in [3.63, 3.8) is 0 Å². The van der Waals surface area contributed by atoms with Gasteiger partial charge in [0.25, 0.3) is 0 Å². The number of H-pyrrole nitrogens is 1. The summed E-state index contributed by atoms with van der Waals surface area (Å²) in [5.41, 5.74) is 0.396. The highest BCUT2D eigenvalue weighted by atomic mass is 79.9. The molecule has 0 spiro atoms. The van der Waals surface area contributed by atoms with E-state index in [9.17, 15) is 9.59 Å². The molecule has 1 saturated heterocycles. The molecule has 0 radical (unpaired) electrons. The maximum absolute atomic E-state index is 11.8. The Kier molecular flexibility index (Phi) is 4.14. The van der Waals surface area contributed by atoms with Crippen molar-refractivity contribution in [3.8, 4) is 0 Å². The normalized spacial score (nSPS) is 26.4. The summed E-state index contributed by atoms with van der Waals surface area (Å²) >= 11 is 6.37. The number of nitrogens with one attached hydrogen (secondary N) is 2. The summed E-state index contributed by atoms with van der Waals surface area (Å²) in [4.78, 5) is 25.8. The Balaban J connectivity index is 2.24. The molecule has 1 aliphatic rings. The molecular weight excluding hydrogens is 384 g/mol. The Bertz CT molecular complexity index is 574. The minimum atomic E-state index is -1.18. The Hall–Kier alpha value is -0.700. The lowest BCUT2D eigenvalue weighted by molar-refractivity contribution is -0.183. The van der Waals surface area contributed by atoms with E-state index in [1.165, 1.54) is 6.92 Å². The Labute approximate surface area is 126 Å². The van der Waals surface area contributed by atoms with Crippen LogP contribution in [0, 0.1) is 0 Å². The van der Waals surface area contributed by atoms with Crippen LogP contribution in [-0.4, -0.2) is 23.4 Å². The van der Waals surface area contributed by atoms with Gasteiger partial charge in [-0.2, -0.15) is 0 Å². The number of pyridine rings is 1. The lowest BCUT2D eigenvalue weighted by Crippen LogP contribution is -2.45. The molecule has 0 aromatic carbocycles. The van der Waals surface area contributed by atoms with Crippen LogP contribution in [0.25, 0.3) is 0 Å². The molecule has 2 unspecified atom stereocenters. The molecule has 2 atom stereocenters. The highest BCUT2D eigenvalue weighted by molar-refractivity contribution is 9.11. The molecule has 6 nitrogen and oxygen atoms in total. The molecule has 1 aromatic heterocycles. The van der Waals surface area contributed by atoms with Crippen molar-refractivity contribution < 1.29 is 14.3 Å². The number of carbonyl (C=O) groups is 1. The maximum Gasteiger partial charge on any atom is 0.249 e. The summed E-state index contributed by atoms with van der Waals surface area (Å²) < 4.78 is 11.9. The van der Waals surface area contributed by atoms with Crippen LogP contribution in [0.1, 0.15) is 25.6 Å². The number of amides is 1. The molecule has 0 aliphatic carbocycles. The summed E-state index contributed by atoms with van der Waals surface area (Å²) in [7, 11) is 0. The van der Waals surface area contributed by atoms with Gasteiger partial charge < -0.3 is 19.8 Å². The van der Waals surface area contributed by atoms with E-state index >= 15 is 0 Å². The lowest BCUT2D eigenvalue weighted by Gasteiger charge is -2.23. The van der Waals surface area contributed by atoms with Crippen LogP contribution < -0.4 is 10.7 Å². The number of aromatic nitrogens is 1. The minimum Gasteiger partial charge on any atom is -0.361 e. The number of hydrogen-bond acceptors (Lipinski definition) is 4. The van der Waals surface area contributed by atoms with Crippen LogP contribution in [0.5, 0.6) is 0 Å². The molecule has 8 heteroatoms. The van der Waals surface area contributed by atoms with Gasteiger partial charge in [-0.05, 0) is 31.9 Å². The van der Waals surface area contributed by atoms with Gasteiger partial charge in [0.15, 0.2) is 0 Å². The van der Waals surface area contributed by atoms with Crippen LogP contribution in [0.3, 0.4) is 0 Å². The van der Waals surface area contributed by atoms with Gasteiger partial charge in [-0.3, -0.25) is 9.59 Å². The van der Waals surface area contributed by atoms with Crippen molar-refractivity contribution in [2.45, 2.75) is 25.9 Å². The molecule has 1 aliphatic heterocycles. The van der Waals surface area contributed by atoms with E-state index < -0.39 is 12.0 Å². The summed E-state index contributed by atoms with van der Waals surface area (Å²) in [6.45, 7) is 3.22. The number of hydrogen-bond donors (Lipinski definition) is 2. The second kappa shape index (κ2) is 5.35. The molecule has 0 bridgehead atoms. The van der Waals surface area contributed by atoms with Gasteiger partial charge in [0, 0.05) is 20.0 Å². The first kappa shape index (κ1) is 14.7. The van der Waals surface area contributed by atoms with Gasteiger partial charge in [0.2, 0.25) is 17.2 Å². The van der Waals surface area contributed by atoms with E-state index in [2.05, 4.69) is 42.2 Å². The third-order valence-electron chi connectivity index (χ3n) is 2.61. The third-order valence-corrected chi connectivity index (χ3v) is 3.99. The van der Waals surface area contributed by atoms with E-state index in [1.54, 1.807) is 13.1 Å². The second-order valence-corrected chi connectivity index (χ2v) is 5.89. The third kappa shape index (κ3) is 3.07. The Morgan fingerprint density at radius 1 is 1.58 bits per heavy atom. The van der Waals surface area contributed by atoms with E-state index in [4.69, 9.17) is 9.47 Å².